The van der Waals surface area contributed by atoms with Crippen LogP contribution in [0.25, 0.3) is 5.69 Å². The number of aliphatic hydroxyl groups excluding tert-OH is 1. The highest BCUT2D eigenvalue weighted by molar-refractivity contribution is 7.92. The first-order valence-corrected chi connectivity index (χ1v) is 18.3. The summed E-state index contributed by atoms with van der Waals surface area (Å²) in [6, 6.07) is 14.7. The predicted molar refractivity (Wildman–Crippen MR) is 183 cm³/mol. The standard InChI is InChI=1S/C34H44N8O5S/c35-33-18-10-26(21-37-33)31(43)23-36-22-29-15-9-25-20-30(16-17-32(25)47-29)48(45,46)38-27-11-13-28(14-12-27)42-34(44)41(39-40-42)19-5-4-8-24-6-2-1-3-7-24/h10-14,16-18,20-21,24,29,31,36,38,43H,1-9,15,19,22-23H2,(H2,35,37). The molecule has 48 heavy (non-hydrogen) atoms. The van der Waals surface area contributed by atoms with Gasteiger partial charge < -0.3 is 20.9 Å². The molecule has 5 N–H and O–H groups in total. The molecule has 256 valence electrons. The topological polar surface area (TPSA) is 179 Å². The number of nitrogens with one attached hydrogen (secondary N) is 2. The van der Waals surface area contributed by atoms with Crippen LogP contribution >= 0.6 is 0 Å². The molecule has 3 heterocycles. The fourth-order valence-corrected chi connectivity index (χ4v) is 7.59. The molecule has 13 nitrogen and oxygen atoms in total. The Bertz CT molecular complexity index is 1820. The summed E-state index contributed by atoms with van der Waals surface area (Å²) in [5.74, 6) is 1.86. The van der Waals surface area contributed by atoms with Crippen molar-refractivity contribution >= 4 is 21.5 Å². The largest absolute Gasteiger partial charge is 0.489 e. The number of aromatic nitrogens is 5. The molecule has 0 amide bonds. The van der Waals surface area contributed by atoms with Crippen molar-refractivity contribution in [2.24, 2.45) is 5.92 Å². The molecular weight excluding hydrogens is 632 g/mol. The van der Waals surface area contributed by atoms with E-state index in [1.807, 2.05) is 0 Å². The van der Waals surface area contributed by atoms with E-state index in [1.54, 1.807) is 54.7 Å². The van der Waals surface area contributed by atoms with Crippen LogP contribution in [0.3, 0.4) is 0 Å². The Kier molecular flexibility index (Phi) is 10.7. The van der Waals surface area contributed by atoms with E-state index in [4.69, 9.17) is 10.5 Å². The number of nitrogens with two attached hydrogens (primary N) is 1. The van der Waals surface area contributed by atoms with Crippen molar-refractivity contribution in [1.29, 1.82) is 0 Å². The van der Waals surface area contributed by atoms with E-state index in [-0.39, 0.29) is 16.7 Å². The van der Waals surface area contributed by atoms with Gasteiger partial charge in [0.2, 0.25) is 0 Å². The minimum absolute atomic E-state index is 0.117. The first kappa shape index (κ1) is 33.6. The van der Waals surface area contributed by atoms with E-state index in [2.05, 4.69) is 25.4 Å². The molecule has 2 aromatic carbocycles. The number of hydrogen-bond donors (Lipinski definition) is 4. The maximum absolute atomic E-state index is 13.3. The van der Waals surface area contributed by atoms with E-state index in [1.165, 1.54) is 54.0 Å². The minimum atomic E-state index is -3.88. The lowest BCUT2D eigenvalue weighted by Gasteiger charge is -2.27. The van der Waals surface area contributed by atoms with Crippen LogP contribution in [-0.2, 0) is 23.0 Å². The predicted octanol–water partition coefficient (Wildman–Crippen LogP) is 3.97. The molecule has 1 aliphatic heterocycles. The van der Waals surface area contributed by atoms with Crippen molar-refractivity contribution in [2.75, 3.05) is 23.5 Å². The smallest absolute Gasteiger partial charge is 0.368 e. The SMILES string of the molecule is Nc1ccc(C(O)CNCC2CCc3cc(S(=O)(=O)Nc4ccc(-n5nnn(CCCCC6CCCCC6)c5=O)cc4)ccc3O2)cn1. The van der Waals surface area contributed by atoms with Gasteiger partial charge in [0.25, 0.3) is 10.0 Å². The van der Waals surface area contributed by atoms with Crippen LogP contribution in [-0.4, -0.2) is 57.5 Å². The number of rotatable bonds is 14. The molecule has 2 aliphatic rings. The lowest BCUT2D eigenvalue weighted by molar-refractivity contribution is 0.146. The molecule has 14 heteroatoms. The van der Waals surface area contributed by atoms with Crippen LogP contribution in [0.1, 0.15) is 75.0 Å². The summed E-state index contributed by atoms with van der Waals surface area (Å²) in [4.78, 5) is 17.0. The van der Waals surface area contributed by atoms with Crippen LogP contribution < -0.4 is 26.2 Å². The van der Waals surface area contributed by atoms with Gasteiger partial charge in [-0.05, 0) is 89.7 Å². The van der Waals surface area contributed by atoms with Gasteiger partial charge in [-0.2, -0.15) is 9.36 Å². The van der Waals surface area contributed by atoms with Gasteiger partial charge in [-0.25, -0.2) is 18.2 Å². The zero-order valence-corrected chi connectivity index (χ0v) is 27.8. The second-order valence-corrected chi connectivity index (χ2v) is 14.5. The lowest BCUT2D eigenvalue weighted by Crippen LogP contribution is -2.36. The molecule has 6 rings (SSSR count). The van der Waals surface area contributed by atoms with Crippen LogP contribution in [0.5, 0.6) is 5.75 Å². The number of unbranched alkanes of at least 4 members (excludes halogenated alkanes) is 1. The molecule has 0 bridgehead atoms. The molecule has 0 saturated heterocycles. The van der Waals surface area contributed by atoms with E-state index < -0.39 is 16.1 Å². The Morgan fingerprint density at radius 2 is 1.81 bits per heavy atom. The van der Waals surface area contributed by atoms with Gasteiger partial charge in [0.05, 0.1) is 16.7 Å². The minimum Gasteiger partial charge on any atom is -0.489 e. The molecule has 4 aromatic rings. The highest BCUT2D eigenvalue weighted by Gasteiger charge is 2.23. The first-order valence-electron chi connectivity index (χ1n) is 16.8. The molecular formula is C34H44N8O5S. The van der Waals surface area contributed by atoms with E-state index >= 15 is 0 Å². The summed E-state index contributed by atoms with van der Waals surface area (Å²) in [7, 11) is -3.88. The van der Waals surface area contributed by atoms with Gasteiger partial charge in [0.1, 0.15) is 17.7 Å². The number of sulfonamides is 1. The number of benzene rings is 2. The van der Waals surface area contributed by atoms with Gasteiger partial charge >= 0.3 is 5.69 Å². The van der Waals surface area contributed by atoms with Gasteiger partial charge in [-0.3, -0.25) is 4.72 Å². The average Bonchev–Trinajstić information content (AvgIpc) is 3.46. The third-order valence-electron chi connectivity index (χ3n) is 9.24. The second-order valence-electron chi connectivity index (χ2n) is 12.8. The maximum atomic E-state index is 13.3. The van der Waals surface area contributed by atoms with Crippen LogP contribution in [0.4, 0.5) is 11.5 Å². The highest BCUT2D eigenvalue weighted by Crippen LogP contribution is 2.31. The Morgan fingerprint density at radius 1 is 1.00 bits per heavy atom. The Labute approximate surface area is 280 Å². The van der Waals surface area contributed by atoms with E-state index in [0.717, 1.165) is 24.3 Å². The molecule has 0 spiro atoms. The number of ether oxygens (including phenoxy) is 1. The highest BCUT2D eigenvalue weighted by atomic mass is 32.2. The molecule has 1 aliphatic carbocycles. The molecule has 2 unspecified atom stereocenters. The van der Waals surface area contributed by atoms with Crippen molar-refractivity contribution in [1.82, 2.24) is 30.1 Å². The Balaban J connectivity index is 0.991. The quantitative estimate of drug-likeness (QED) is 0.143. The molecule has 2 aromatic heterocycles. The average molecular weight is 677 g/mol. The fourth-order valence-electron chi connectivity index (χ4n) is 6.48. The van der Waals surface area contributed by atoms with Crippen molar-refractivity contribution in [2.45, 2.75) is 87.9 Å². The molecule has 2 atom stereocenters. The van der Waals surface area contributed by atoms with E-state index in [9.17, 15) is 18.3 Å². The molecule has 0 radical (unpaired) electrons. The van der Waals surface area contributed by atoms with Gasteiger partial charge in [-0.15, -0.1) is 0 Å². The van der Waals surface area contributed by atoms with Gasteiger partial charge in [0.15, 0.2) is 0 Å². The summed E-state index contributed by atoms with van der Waals surface area (Å²) in [6.45, 7) is 1.39. The number of aryl methyl sites for hydroxylation is 2. The fraction of sp³-hybridized carbons (Fsp3) is 0.471. The lowest BCUT2D eigenvalue weighted by atomic mass is 9.86. The monoisotopic (exact) mass is 676 g/mol. The normalized spacial score (nSPS) is 17.4. The number of nitrogen functional groups attached to an aromatic ring is 1. The third-order valence-corrected chi connectivity index (χ3v) is 10.6. The van der Waals surface area contributed by atoms with Crippen molar-refractivity contribution in [3.05, 3.63) is 82.4 Å². The molecule has 1 fully saturated rings. The zero-order chi connectivity index (χ0) is 33.5. The summed E-state index contributed by atoms with van der Waals surface area (Å²) in [5.41, 5.74) is 7.65. The van der Waals surface area contributed by atoms with Crippen molar-refractivity contribution in [3.63, 3.8) is 0 Å². The Hall–Kier alpha value is -4.27. The van der Waals surface area contributed by atoms with Crippen LogP contribution in [0.15, 0.2) is 70.5 Å². The first-order chi connectivity index (χ1) is 23.2. The second kappa shape index (κ2) is 15.3. The number of pyridine rings is 1. The summed E-state index contributed by atoms with van der Waals surface area (Å²) in [6.07, 6.45) is 11.9. The number of hydrogen-bond acceptors (Lipinski definition) is 10. The van der Waals surface area contributed by atoms with Gasteiger partial charge in [0, 0.05) is 37.1 Å². The van der Waals surface area contributed by atoms with Crippen molar-refractivity contribution in [3.8, 4) is 11.4 Å². The third kappa shape index (κ3) is 8.41. The summed E-state index contributed by atoms with van der Waals surface area (Å²) >= 11 is 0. The van der Waals surface area contributed by atoms with E-state index in [0.29, 0.717) is 61.0 Å². The summed E-state index contributed by atoms with van der Waals surface area (Å²) in [5, 5.41) is 21.7. The molecule has 1 saturated carbocycles. The number of fused-ring (bicyclic) bond motifs is 1. The van der Waals surface area contributed by atoms with Crippen LogP contribution in [0, 0.1) is 5.92 Å². The Morgan fingerprint density at radius 3 is 2.58 bits per heavy atom. The number of aliphatic hydroxyl groups is 1. The number of tetrazole rings is 1. The number of nitrogens with zero attached hydrogens (tertiary/aromatic N) is 5. The van der Waals surface area contributed by atoms with Crippen molar-refractivity contribution < 1.29 is 18.3 Å². The number of anilines is 2. The van der Waals surface area contributed by atoms with Crippen LogP contribution in [0.2, 0.25) is 0 Å². The zero-order valence-electron chi connectivity index (χ0n) is 27.0. The summed E-state index contributed by atoms with van der Waals surface area (Å²) < 4.78 is 37.9. The van der Waals surface area contributed by atoms with Gasteiger partial charge in [-0.1, -0.05) is 51.0 Å². The maximum Gasteiger partial charge on any atom is 0.368 e.